The number of hydrogen-bond acceptors (Lipinski definition) is 4. The summed E-state index contributed by atoms with van der Waals surface area (Å²) in [6.07, 6.45) is 0.386. The molecule has 0 radical (unpaired) electrons. The summed E-state index contributed by atoms with van der Waals surface area (Å²) in [5, 5.41) is 2.29. The average Bonchev–Trinajstić information content (AvgIpc) is 3.07. The molecule has 0 aromatic heterocycles. The molecular weight excluding hydrogens is 426 g/mol. The van der Waals surface area contributed by atoms with E-state index in [9.17, 15) is 9.59 Å². The molecule has 3 aromatic carbocycles. The Bertz CT molecular complexity index is 1200. The molecule has 6 heteroatoms. The van der Waals surface area contributed by atoms with Crippen LogP contribution in [0.5, 0.6) is 5.75 Å². The Kier molecular flexibility index (Phi) is 6.50. The second-order valence-electron chi connectivity index (χ2n) is 9.20. The molecule has 0 bridgehead atoms. The van der Waals surface area contributed by atoms with Crippen molar-refractivity contribution in [1.82, 2.24) is 14.7 Å². The first-order chi connectivity index (χ1) is 16.6. The highest BCUT2D eigenvalue weighted by molar-refractivity contribution is 5.90. The minimum Gasteiger partial charge on any atom is -0.491 e. The molecule has 1 saturated heterocycles. The van der Waals surface area contributed by atoms with Gasteiger partial charge in [-0.1, -0.05) is 48.5 Å². The lowest BCUT2D eigenvalue weighted by Gasteiger charge is -2.34. The molecule has 34 heavy (non-hydrogen) atoms. The van der Waals surface area contributed by atoms with E-state index in [0.29, 0.717) is 26.1 Å². The normalized spacial score (nSPS) is 16.6. The quantitative estimate of drug-likeness (QED) is 0.602. The lowest BCUT2D eigenvalue weighted by molar-refractivity contribution is -0.131. The second-order valence-corrected chi connectivity index (χ2v) is 9.20. The standard InChI is InChI=1S/C28H31N3O3/c1-21(32)30-13-11-29(12-14-30)19-22-9-10-27-25(17-22)20-31(15-16-34-27)28(33)18-24-7-4-6-23-5-2-3-8-26(23)24/h2-10,17H,11-16,18-20H2,1H3. The number of rotatable bonds is 4. The molecule has 5 rings (SSSR count). The molecule has 0 atom stereocenters. The van der Waals surface area contributed by atoms with Gasteiger partial charge in [0.05, 0.1) is 13.0 Å². The maximum absolute atomic E-state index is 13.3. The van der Waals surface area contributed by atoms with Crippen molar-refractivity contribution in [3.8, 4) is 5.75 Å². The number of hydrogen-bond donors (Lipinski definition) is 0. The Morgan fingerprint density at radius 1 is 0.882 bits per heavy atom. The minimum absolute atomic E-state index is 0.124. The Labute approximate surface area is 200 Å². The van der Waals surface area contributed by atoms with E-state index in [2.05, 4.69) is 35.2 Å². The summed E-state index contributed by atoms with van der Waals surface area (Å²) < 4.78 is 5.98. The molecule has 2 amide bonds. The molecule has 0 unspecified atom stereocenters. The Balaban J connectivity index is 1.27. The molecular formula is C28H31N3O3. The van der Waals surface area contributed by atoms with E-state index in [0.717, 1.165) is 60.4 Å². The van der Waals surface area contributed by atoms with Gasteiger partial charge in [-0.2, -0.15) is 0 Å². The van der Waals surface area contributed by atoms with Crippen LogP contribution in [0.2, 0.25) is 0 Å². The predicted molar refractivity (Wildman–Crippen MR) is 133 cm³/mol. The number of benzene rings is 3. The van der Waals surface area contributed by atoms with Crippen molar-refractivity contribution >= 4 is 22.6 Å². The van der Waals surface area contributed by atoms with Gasteiger partial charge in [0.15, 0.2) is 0 Å². The van der Waals surface area contributed by atoms with Crippen molar-refractivity contribution in [2.24, 2.45) is 0 Å². The van der Waals surface area contributed by atoms with E-state index in [1.165, 1.54) is 5.56 Å². The number of nitrogens with zero attached hydrogens (tertiary/aromatic N) is 3. The van der Waals surface area contributed by atoms with Gasteiger partial charge in [-0.05, 0) is 34.0 Å². The molecule has 0 N–H and O–H groups in total. The fraction of sp³-hybridized carbons (Fsp3) is 0.357. The number of piperazine rings is 1. The Morgan fingerprint density at radius 3 is 2.50 bits per heavy atom. The van der Waals surface area contributed by atoms with Crippen LogP contribution in [-0.2, 0) is 29.1 Å². The maximum Gasteiger partial charge on any atom is 0.227 e. The lowest BCUT2D eigenvalue weighted by Crippen LogP contribution is -2.47. The van der Waals surface area contributed by atoms with E-state index in [1.807, 2.05) is 40.1 Å². The summed E-state index contributed by atoms with van der Waals surface area (Å²) in [5.74, 6) is 1.14. The van der Waals surface area contributed by atoms with Crippen LogP contribution in [0.3, 0.4) is 0 Å². The molecule has 1 fully saturated rings. The van der Waals surface area contributed by atoms with Gasteiger partial charge in [-0.15, -0.1) is 0 Å². The van der Waals surface area contributed by atoms with Gasteiger partial charge in [-0.3, -0.25) is 14.5 Å². The average molecular weight is 458 g/mol. The molecule has 6 nitrogen and oxygen atoms in total. The van der Waals surface area contributed by atoms with Gasteiger partial charge in [0.1, 0.15) is 12.4 Å². The highest BCUT2D eigenvalue weighted by Crippen LogP contribution is 2.26. The number of fused-ring (bicyclic) bond motifs is 2. The number of amides is 2. The number of carbonyl (C=O) groups is 2. The fourth-order valence-corrected chi connectivity index (χ4v) is 4.96. The van der Waals surface area contributed by atoms with Crippen LogP contribution in [0.1, 0.15) is 23.6 Å². The van der Waals surface area contributed by atoms with Crippen molar-refractivity contribution < 1.29 is 14.3 Å². The zero-order chi connectivity index (χ0) is 23.5. The van der Waals surface area contributed by atoms with Crippen molar-refractivity contribution in [3.05, 3.63) is 77.4 Å². The van der Waals surface area contributed by atoms with Gasteiger partial charge >= 0.3 is 0 Å². The molecule has 2 aliphatic rings. The smallest absolute Gasteiger partial charge is 0.227 e. The SMILES string of the molecule is CC(=O)N1CCN(Cc2ccc3c(c2)CN(C(=O)Cc2cccc4ccccc24)CCO3)CC1. The monoisotopic (exact) mass is 457 g/mol. The third kappa shape index (κ3) is 4.92. The van der Waals surface area contributed by atoms with Crippen LogP contribution in [0.25, 0.3) is 10.8 Å². The predicted octanol–water partition coefficient (Wildman–Crippen LogP) is 3.47. The van der Waals surface area contributed by atoms with E-state index in [1.54, 1.807) is 6.92 Å². The van der Waals surface area contributed by atoms with Crippen LogP contribution >= 0.6 is 0 Å². The van der Waals surface area contributed by atoms with Crippen molar-refractivity contribution in [3.63, 3.8) is 0 Å². The number of ether oxygens (including phenoxy) is 1. The highest BCUT2D eigenvalue weighted by Gasteiger charge is 2.22. The second kappa shape index (κ2) is 9.85. The van der Waals surface area contributed by atoms with E-state index < -0.39 is 0 Å². The van der Waals surface area contributed by atoms with E-state index in [4.69, 9.17) is 4.74 Å². The van der Waals surface area contributed by atoms with Crippen molar-refractivity contribution in [1.29, 1.82) is 0 Å². The van der Waals surface area contributed by atoms with Crippen LogP contribution in [0, 0.1) is 0 Å². The van der Waals surface area contributed by atoms with Crippen molar-refractivity contribution in [2.45, 2.75) is 26.4 Å². The van der Waals surface area contributed by atoms with Gasteiger partial charge in [0.2, 0.25) is 11.8 Å². The summed E-state index contributed by atoms with van der Waals surface area (Å²) in [5.41, 5.74) is 3.33. The first kappa shape index (κ1) is 22.4. The summed E-state index contributed by atoms with van der Waals surface area (Å²) in [7, 11) is 0. The molecule has 3 aromatic rings. The van der Waals surface area contributed by atoms with E-state index in [-0.39, 0.29) is 11.8 Å². The van der Waals surface area contributed by atoms with Gasteiger partial charge in [0.25, 0.3) is 0 Å². The molecule has 0 saturated carbocycles. The third-order valence-corrected chi connectivity index (χ3v) is 6.90. The molecule has 0 spiro atoms. The number of carbonyl (C=O) groups excluding carboxylic acids is 2. The molecule has 176 valence electrons. The Morgan fingerprint density at radius 2 is 1.68 bits per heavy atom. The molecule has 2 heterocycles. The van der Waals surface area contributed by atoms with Gasteiger partial charge < -0.3 is 14.5 Å². The fourth-order valence-electron chi connectivity index (χ4n) is 4.96. The van der Waals surface area contributed by atoms with Gasteiger partial charge in [0, 0.05) is 51.8 Å². The van der Waals surface area contributed by atoms with Crippen LogP contribution < -0.4 is 4.74 Å². The highest BCUT2D eigenvalue weighted by atomic mass is 16.5. The first-order valence-corrected chi connectivity index (χ1v) is 12.0. The van der Waals surface area contributed by atoms with Crippen LogP contribution in [0.4, 0.5) is 0 Å². The molecule has 2 aliphatic heterocycles. The first-order valence-electron chi connectivity index (χ1n) is 12.0. The van der Waals surface area contributed by atoms with Gasteiger partial charge in [-0.25, -0.2) is 0 Å². The van der Waals surface area contributed by atoms with Crippen molar-refractivity contribution in [2.75, 3.05) is 39.3 Å². The Hall–Kier alpha value is -3.38. The third-order valence-electron chi connectivity index (χ3n) is 6.90. The largest absolute Gasteiger partial charge is 0.491 e. The lowest BCUT2D eigenvalue weighted by atomic mass is 10.0. The summed E-state index contributed by atoms with van der Waals surface area (Å²) >= 11 is 0. The molecule has 0 aliphatic carbocycles. The van der Waals surface area contributed by atoms with E-state index >= 15 is 0 Å². The summed E-state index contributed by atoms with van der Waals surface area (Å²) in [6.45, 7) is 7.43. The van der Waals surface area contributed by atoms with Crippen LogP contribution in [0.15, 0.2) is 60.7 Å². The van der Waals surface area contributed by atoms with Crippen LogP contribution in [-0.4, -0.2) is 65.8 Å². The topological polar surface area (TPSA) is 53.1 Å². The minimum atomic E-state index is 0.124. The summed E-state index contributed by atoms with van der Waals surface area (Å²) in [4.78, 5) is 31.1. The maximum atomic E-state index is 13.3. The summed E-state index contributed by atoms with van der Waals surface area (Å²) in [6, 6.07) is 20.7. The zero-order valence-corrected chi connectivity index (χ0v) is 19.7. The zero-order valence-electron chi connectivity index (χ0n) is 19.7.